The van der Waals surface area contributed by atoms with Crippen molar-refractivity contribution in [3.63, 3.8) is 0 Å². The molecule has 0 fully saturated rings. The van der Waals surface area contributed by atoms with Gasteiger partial charge in [0, 0.05) is 12.2 Å². The molecule has 0 spiro atoms. The van der Waals surface area contributed by atoms with Gasteiger partial charge in [-0.15, -0.1) is 0 Å². The topological polar surface area (TPSA) is 67.4 Å². The Morgan fingerprint density at radius 3 is 2.00 bits per heavy atom. The van der Waals surface area contributed by atoms with Crippen molar-refractivity contribution in [2.45, 2.75) is 78.1 Å². The first-order valence-corrected chi connectivity index (χ1v) is 10.5. The molecule has 1 rings (SSSR count). The van der Waals surface area contributed by atoms with Gasteiger partial charge in [0.15, 0.2) is 0 Å². The second-order valence-electron chi connectivity index (χ2n) is 6.91. The number of ether oxygens (including phenoxy) is 1. The molecular formula is C22H36N2O3. The van der Waals surface area contributed by atoms with Gasteiger partial charge in [0.25, 0.3) is 0 Å². The molecule has 0 aliphatic heterocycles. The van der Waals surface area contributed by atoms with E-state index in [1.54, 1.807) is 24.3 Å². The third kappa shape index (κ3) is 11.3. The van der Waals surface area contributed by atoms with Gasteiger partial charge in [-0.05, 0) is 37.1 Å². The molecule has 5 nitrogen and oxygen atoms in total. The fraction of sp³-hybridized carbons (Fsp3) is 0.636. The molecule has 2 amide bonds. The molecule has 0 bridgehead atoms. The van der Waals surface area contributed by atoms with Crippen LogP contribution in [0.5, 0.6) is 5.75 Å². The maximum atomic E-state index is 11.9. The van der Waals surface area contributed by atoms with Gasteiger partial charge >= 0.3 is 11.8 Å². The molecule has 5 heteroatoms. The van der Waals surface area contributed by atoms with Crippen LogP contribution in [0.1, 0.15) is 78.1 Å². The SMILES string of the molecule is CCCCCCCCCCNC(=O)C(=O)Nc1ccc(OCCCC)cc1. The first kappa shape index (κ1) is 23.0. The summed E-state index contributed by atoms with van der Waals surface area (Å²) in [7, 11) is 0. The minimum Gasteiger partial charge on any atom is -0.494 e. The largest absolute Gasteiger partial charge is 0.494 e. The Hall–Kier alpha value is -2.04. The van der Waals surface area contributed by atoms with Crippen molar-refractivity contribution in [1.29, 1.82) is 0 Å². The molecule has 0 unspecified atom stereocenters. The second kappa shape index (κ2) is 15.1. The molecule has 0 saturated heterocycles. The summed E-state index contributed by atoms with van der Waals surface area (Å²) < 4.78 is 5.57. The van der Waals surface area contributed by atoms with Crippen molar-refractivity contribution >= 4 is 17.5 Å². The van der Waals surface area contributed by atoms with Crippen LogP contribution in [0.4, 0.5) is 5.69 Å². The van der Waals surface area contributed by atoms with Crippen LogP contribution in [0.25, 0.3) is 0 Å². The first-order chi connectivity index (χ1) is 13.2. The molecule has 152 valence electrons. The van der Waals surface area contributed by atoms with Crippen LogP contribution < -0.4 is 15.4 Å². The van der Waals surface area contributed by atoms with Gasteiger partial charge in [0.2, 0.25) is 0 Å². The van der Waals surface area contributed by atoms with Crippen molar-refractivity contribution in [2.75, 3.05) is 18.5 Å². The van der Waals surface area contributed by atoms with E-state index >= 15 is 0 Å². The van der Waals surface area contributed by atoms with Crippen LogP contribution in [-0.4, -0.2) is 25.0 Å². The van der Waals surface area contributed by atoms with Gasteiger partial charge in [-0.2, -0.15) is 0 Å². The molecule has 0 radical (unpaired) electrons. The molecule has 0 aromatic heterocycles. The number of carbonyl (C=O) groups excluding carboxylic acids is 2. The van der Waals surface area contributed by atoms with Crippen LogP contribution in [0.2, 0.25) is 0 Å². The highest BCUT2D eigenvalue weighted by Crippen LogP contribution is 2.16. The van der Waals surface area contributed by atoms with Gasteiger partial charge in [-0.3, -0.25) is 9.59 Å². The quantitative estimate of drug-likeness (QED) is 0.352. The van der Waals surface area contributed by atoms with Crippen molar-refractivity contribution < 1.29 is 14.3 Å². The van der Waals surface area contributed by atoms with Gasteiger partial charge in [-0.25, -0.2) is 0 Å². The molecular weight excluding hydrogens is 340 g/mol. The number of carbonyl (C=O) groups is 2. The predicted molar refractivity (Wildman–Crippen MR) is 111 cm³/mol. The molecule has 0 saturated carbocycles. The number of amides is 2. The van der Waals surface area contributed by atoms with E-state index in [9.17, 15) is 9.59 Å². The number of anilines is 1. The van der Waals surface area contributed by atoms with Crippen molar-refractivity contribution in [1.82, 2.24) is 5.32 Å². The highest BCUT2D eigenvalue weighted by molar-refractivity contribution is 6.39. The van der Waals surface area contributed by atoms with E-state index in [-0.39, 0.29) is 0 Å². The van der Waals surface area contributed by atoms with Crippen molar-refractivity contribution in [3.05, 3.63) is 24.3 Å². The van der Waals surface area contributed by atoms with Crippen molar-refractivity contribution in [3.8, 4) is 5.75 Å². The van der Waals surface area contributed by atoms with Gasteiger partial charge in [-0.1, -0.05) is 65.2 Å². The zero-order valence-electron chi connectivity index (χ0n) is 17.0. The highest BCUT2D eigenvalue weighted by Gasteiger charge is 2.12. The standard InChI is InChI=1S/C22H36N2O3/c1-3-5-7-8-9-10-11-12-17-23-21(25)22(26)24-19-13-15-20(16-14-19)27-18-6-4-2/h13-16H,3-12,17-18H2,1-2H3,(H,23,25)(H,24,26). The third-order valence-corrected chi connectivity index (χ3v) is 4.40. The smallest absolute Gasteiger partial charge is 0.313 e. The van der Waals surface area contributed by atoms with Gasteiger partial charge in [0.05, 0.1) is 6.61 Å². The lowest BCUT2D eigenvalue weighted by molar-refractivity contribution is -0.136. The van der Waals surface area contributed by atoms with Crippen molar-refractivity contribution in [2.24, 2.45) is 0 Å². The Labute approximate surface area is 164 Å². The minimum absolute atomic E-state index is 0.547. The summed E-state index contributed by atoms with van der Waals surface area (Å²) in [6, 6.07) is 7.07. The summed E-state index contributed by atoms with van der Waals surface area (Å²) in [5.41, 5.74) is 0.588. The Morgan fingerprint density at radius 2 is 1.37 bits per heavy atom. The Kier molecular flexibility index (Phi) is 12.8. The molecule has 0 atom stereocenters. The zero-order chi connectivity index (χ0) is 19.7. The highest BCUT2D eigenvalue weighted by atomic mass is 16.5. The Balaban J connectivity index is 2.14. The average Bonchev–Trinajstić information content (AvgIpc) is 2.68. The fourth-order valence-electron chi connectivity index (χ4n) is 2.70. The minimum atomic E-state index is -0.630. The molecule has 1 aromatic carbocycles. The second-order valence-corrected chi connectivity index (χ2v) is 6.91. The van der Waals surface area contributed by atoms with E-state index in [4.69, 9.17) is 4.74 Å². The first-order valence-electron chi connectivity index (χ1n) is 10.5. The normalized spacial score (nSPS) is 10.4. The van der Waals surface area contributed by atoms with E-state index in [1.165, 1.54) is 38.5 Å². The van der Waals surface area contributed by atoms with E-state index in [0.29, 0.717) is 18.8 Å². The predicted octanol–water partition coefficient (Wildman–Crippen LogP) is 5.06. The average molecular weight is 377 g/mol. The number of unbranched alkanes of at least 4 members (excludes halogenated alkanes) is 8. The summed E-state index contributed by atoms with van der Waals surface area (Å²) in [6.45, 7) is 5.56. The fourth-order valence-corrected chi connectivity index (χ4v) is 2.70. The van der Waals surface area contributed by atoms with E-state index in [0.717, 1.165) is 31.4 Å². The van der Waals surface area contributed by atoms with E-state index < -0.39 is 11.8 Å². The van der Waals surface area contributed by atoms with E-state index in [2.05, 4.69) is 24.5 Å². The Morgan fingerprint density at radius 1 is 0.778 bits per heavy atom. The number of benzene rings is 1. The molecule has 1 aromatic rings. The van der Waals surface area contributed by atoms with Gasteiger partial charge < -0.3 is 15.4 Å². The molecule has 0 aliphatic carbocycles. The Bertz CT molecular complexity index is 529. The summed E-state index contributed by atoms with van der Waals surface area (Å²) >= 11 is 0. The number of hydrogen-bond acceptors (Lipinski definition) is 3. The number of nitrogens with one attached hydrogen (secondary N) is 2. The van der Waals surface area contributed by atoms with Crippen LogP contribution in [0.3, 0.4) is 0 Å². The maximum Gasteiger partial charge on any atom is 0.313 e. The van der Waals surface area contributed by atoms with Gasteiger partial charge in [0.1, 0.15) is 5.75 Å². The zero-order valence-corrected chi connectivity index (χ0v) is 17.0. The summed E-state index contributed by atoms with van der Waals surface area (Å²) in [4.78, 5) is 23.8. The van der Waals surface area contributed by atoms with Crippen LogP contribution in [-0.2, 0) is 9.59 Å². The lowest BCUT2D eigenvalue weighted by Gasteiger charge is -2.08. The monoisotopic (exact) mass is 376 g/mol. The summed E-state index contributed by atoms with van der Waals surface area (Å²) in [5, 5.41) is 5.29. The molecule has 0 aliphatic rings. The molecule has 27 heavy (non-hydrogen) atoms. The lowest BCUT2D eigenvalue weighted by Crippen LogP contribution is -2.35. The lowest BCUT2D eigenvalue weighted by atomic mass is 10.1. The molecule has 0 heterocycles. The molecule has 2 N–H and O–H groups in total. The number of rotatable bonds is 14. The summed E-state index contributed by atoms with van der Waals surface area (Å²) in [5.74, 6) is -0.448. The third-order valence-electron chi connectivity index (χ3n) is 4.40. The summed E-state index contributed by atoms with van der Waals surface area (Å²) in [6.07, 6.45) is 11.8. The maximum absolute atomic E-state index is 11.9. The van der Waals surface area contributed by atoms with E-state index in [1.807, 2.05) is 0 Å². The van der Waals surface area contributed by atoms with Crippen LogP contribution in [0, 0.1) is 0 Å². The number of hydrogen-bond donors (Lipinski definition) is 2. The van der Waals surface area contributed by atoms with Crippen LogP contribution in [0.15, 0.2) is 24.3 Å². The van der Waals surface area contributed by atoms with Crippen LogP contribution >= 0.6 is 0 Å².